The normalized spacial score (nSPS) is 10.2. The summed E-state index contributed by atoms with van der Waals surface area (Å²) >= 11 is 5.13. The number of carboxylic acid groups (broad SMARTS) is 1. The molecule has 0 spiro atoms. The van der Waals surface area contributed by atoms with E-state index < -0.39 is 5.97 Å². The minimum absolute atomic E-state index is 0.135. The topological polar surface area (TPSA) is 101 Å². The Morgan fingerprint density at radius 2 is 2.04 bits per heavy atom. The van der Waals surface area contributed by atoms with E-state index in [4.69, 9.17) is 26.5 Å². The van der Waals surface area contributed by atoms with Crippen molar-refractivity contribution in [1.29, 1.82) is 0 Å². The Labute approximate surface area is 156 Å². The van der Waals surface area contributed by atoms with E-state index >= 15 is 0 Å². The number of carbonyl (C=O) groups is 2. The summed E-state index contributed by atoms with van der Waals surface area (Å²) in [5.74, 6) is -0.578. The van der Waals surface area contributed by atoms with Crippen molar-refractivity contribution in [3.8, 4) is 17.1 Å². The smallest absolute Gasteiger partial charge is 0.371 e. The third-order valence-corrected chi connectivity index (χ3v) is 3.76. The maximum Gasteiger partial charge on any atom is 0.371 e. The summed E-state index contributed by atoms with van der Waals surface area (Å²) < 4.78 is 10.6. The summed E-state index contributed by atoms with van der Waals surface area (Å²) in [5.41, 5.74) is 1.22. The molecule has 2 rings (SSSR count). The average molecular weight is 376 g/mol. The van der Waals surface area contributed by atoms with Crippen LogP contribution < -0.4 is 15.4 Å². The molecule has 1 aromatic carbocycles. The van der Waals surface area contributed by atoms with Crippen LogP contribution in [-0.2, 0) is 4.79 Å². The Hall–Kier alpha value is -2.87. The van der Waals surface area contributed by atoms with Gasteiger partial charge in [0.1, 0.15) is 11.5 Å². The Morgan fingerprint density at radius 3 is 2.65 bits per heavy atom. The molecule has 0 saturated heterocycles. The second-order valence-corrected chi connectivity index (χ2v) is 5.90. The van der Waals surface area contributed by atoms with Crippen LogP contribution in [-0.4, -0.2) is 29.2 Å². The number of nitrogens with one attached hydrogen (secondary N) is 2. The van der Waals surface area contributed by atoms with Crippen LogP contribution in [0.15, 0.2) is 34.7 Å². The Kier molecular flexibility index (Phi) is 6.74. The van der Waals surface area contributed by atoms with Gasteiger partial charge in [0.2, 0.25) is 11.7 Å². The highest BCUT2D eigenvalue weighted by Gasteiger charge is 2.15. The number of ether oxygens (including phenoxy) is 1. The van der Waals surface area contributed by atoms with E-state index in [0.29, 0.717) is 29.2 Å². The molecule has 0 atom stereocenters. The van der Waals surface area contributed by atoms with E-state index in [9.17, 15) is 9.59 Å². The number of rotatable bonds is 7. The highest BCUT2D eigenvalue weighted by Crippen LogP contribution is 2.33. The molecular formula is C18H20N2O5S. The van der Waals surface area contributed by atoms with Gasteiger partial charge in [-0.3, -0.25) is 4.79 Å². The molecule has 0 bridgehead atoms. The lowest BCUT2D eigenvalue weighted by Gasteiger charge is -2.12. The van der Waals surface area contributed by atoms with E-state index in [1.54, 1.807) is 24.3 Å². The number of furan rings is 1. The highest BCUT2D eigenvalue weighted by molar-refractivity contribution is 7.80. The SMILES string of the molecule is CCCCC(=O)NC(=S)Nc1ccc(-c2ccc(C(=O)O)o2)c(OC)c1. The number of thiocarbonyl (C=S) groups is 1. The van der Waals surface area contributed by atoms with Gasteiger partial charge in [0.05, 0.1) is 12.7 Å². The Balaban J connectivity index is 2.11. The standard InChI is InChI=1S/C18H20N2O5S/c1-3-4-5-16(21)20-18(26)19-11-6-7-12(15(10-11)24-2)13-8-9-14(25-13)17(22)23/h6-10H,3-5H2,1-2H3,(H,22,23)(H2,19,20,21,26). The number of hydrogen-bond acceptors (Lipinski definition) is 5. The molecule has 0 aliphatic carbocycles. The average Bonchev–Trinajstić information content (AvgIpc) is 3.09. The molecule has 7 nitrogen and oxygen atoms in total. The van der Waals surface area contributed by atoms with Crippen molar-refractivity contribution in [2.24, 2.45) is 0 Å². The maximum absolute atomic E-state index is 11.7. The van der Waals surface area contributed by atoms with E-state index in [2.05, 4.69) is 10.6 Å². The van der Waals surface area contributed by atoms with Gasteiger partial charge < -0.3 is 24.9 Å². The van der Waals surface area contributed by atoms with Crippen LogP contribution in [0.2, 0.25) is 0 Å². The largest absolute Gasteiger partial charge is 0.496 e. The first-order valence-corrected chi connectivity index (χ1v) is 8.47. The van der Waals surface area contributed by atoms with Crippen molar-refractivity contribution in [3.05, 3.63) is 36.1 Å². The fourth-order valence-electron chi connectivity index (χ4n) is 2.26. The summed E-state index contributed by atoms with van der Waals surface area (Å²) in [6.07, 6.45) is 2.16. The van der Waals surface area contributed by atoms with Crippen molar-refractivity contribution in [1.82, 2.24) is 5.32 Å². The number of carbonyl (C=O) groups excluding carboxylic acids is 1. The van der Waals surface area contributed by atoms with Crippen molar-refractivity contribution in [2.45, 2.75) is 26.2 Å². The molecule has 0 saturated carbocycles. The zero-order valence-corrected chi connectivity index (χ0v) is 15.3. The lowest BCUT2D eigenvalue weighted by molar-refractivity contribution is -0.119. The van der Waals surface area contributed by atoms with E-state index in [1.807, 2.05) is 6.92 Å². The third-order valence-electron chi connectivity index (χ3n) is 3.55. The van der Waals surface area contributed by atoms with Gasteiger partial charge in [-0.1, -0.05) is 13.3 Å². The Bertz CT molecular complexity index is 816. The molecule has 1 amide bonds. The summed E-state index contributed by atoms with van der Waals surface area (Å²) in [5, 5.41) is 14.7. The fraction of sp³-hybridized carbons (Fsp3) is 0.278. The van der Waals surface area contributed by atoms with Gasteiger partial charge in [0, 0.05) is 18.2 Å². The lowest BCUT2D eigenvalue weighted by atomic mass is 10.1. The van der Waals surface area contributed by atoms with Gasteiger partial charge in [-0.15, -0.1) is 0 Å². The molecule has 3 N–H and O–H groups in total. The van der Waals surface area contributed by atoms with Gasteiger partial charge in [0.15, 0.2) is 5.11 Å². The number of carboxylic acids is 1. The minimum Gasteiger partial charge on any atom is -0.496 e. The van der Waals surface area contributed by atoms with Gasteiger partial charge in [-0.25, -0.2) is 4.79 Å². The quantitative estimate of drug-likeness (QED) is 0.634. The van der Waals surface area contributed by atoms with Crippen molar-refractivity contribution >= 4 is 34.9 Å². The first kappa shape index (κ1) is 19.5. The first-order chi connectivity index (χ1) is 12.4. The molecule has 1 heterocycles. The second-order valence-electron chi connectivity index (χ2n) is 5.49. The molecule has 26 heavy (non-hydrogen) atoms. The Morgan fingerprint density at radius 1 is 1.27 bits per heavy atom. The van der Waals surface area contributed by atoms with Crippen LogP contribution in [0.5, 0.6) is 5.75 Å². The van der Waals surface area contributed by atoms with Crippen molar-refractivity contribution < 1.29 is 23.8 Å². The number of hydrogen-bond donors (Lipinski definition) is 3. The van der Waals surface area contributed by atoms with E-state index in [0.717, 1.165) is 12.8 Å². The number of benzene rings is 1. The molecule has 0 unspecified atom stereocenters. The summed E-state index contributed by atoms with van der Waals surface area (Å²) in [7, 11) is 1.49. The third kappa shape index (κ3) is 5.06. The number of anilines is 1. The first-order valence-electron chi connectivity index (χ1n) is 8.07. The van der Waals surface area contributed by atoms with E-state index in [-0.39, 0.29) is 16.8 Å². The van der Waals surface area contributed by atoms with Crippen LogP contribution in [0.1, 0.15) is 36.7 Å². The maximum atomic E-state index is 11.7. The summed E-state index contributed by atoms with van der Waals surface area (Å²) in [6, 6.07) is 8.07. The monoisotopic (exact) mass is 376 g/mol. The highest BCUT2D eigenvalue weighted by atomic mass is 32.1. The minimum atomic E-state index is -1.14. The fourth-order valence-corrected chi connectivity index (χ4v) is 2.49. The van der Waals surface area contributed by atoms with Crippen molar-refractivity contribution in [2.75, 3.05) is 12.4 Å². The van der Waals surface area contributed by atoms with Crippen LogP contribution >= 0.6 is 12.2 Å². The predicted octanol–water partition coefficient (Wildman–Crippen LogP) is 3.66. The molecule has 2 aromatic rings. The molecule has 138 valence electrons. The number of amides is 1. The lowest BCUT2D eigenvalue weighted by Crippen LogP contribution is -2.33. The molecule has 8 heteroatoms. The predicted molar refractivity (Wildman–Crippen MR) is 102 cm³/mol. The van der Waals surface area contributed by atoms with Gasteiger partial charge in [-0.2, -0.15) is 0 Å². The van der Waals surface area contributed by atoms with Crippen LogP contribution in [0.25, 0.3) is 11.3 Å². The molecule has 0 aliphatic rings. The zero-order valence-electron chi connectivity index (χ0n) is 14.5. The zero-order chi connectivity index (χ0) is 19.1. The molecule has 1 aromatic heterocycles. The second kappa shape index (κ2) is 9.00. The van der Waals surface area contributed by atoms with Gasteiger partial charge >= 0.3 is 5.97 Å². The van der Waals surface area contributed by atoms with Gasteiger partial charge in [0.25, 0.3) is 0 Å². The van der Waals surface area contributed by atoms with Crippen LogP contribution in [0.3, 0.4) is 0 Å². The molecular weight excluding hydrogens is 356 g/mol. The summed E-state index contributed by atoms with van der Waals surface area (Å²) in [4.78, 5) is 22.6. The van der Waals surface area contributed by atoms with Gasteiger partial charge in [-0.05, 0) is 42.9 Å². The number of aromatic carboxylic acids is 1. The van der Waals surface area contributed by atoms with E-state index in [1.165, 1.54) is 13.2 Å². The summed E-state index contributed by atoms with van der Waals surface area (Å²) in [6.45, 7) is 2.01. The number of unbranched alkanes of at least 4 members (excludes halogenated alkanes) is 1. The van der Waals surface area contributed by atoms with Crippen LogP contribution in [0.4, 0.5) is 5.69 Å². The van der Waals surface area contributed by atoms with Crippen molar-refractivity contribution in [3.63, 3.8) is 0 Å². The molecule has 0 aliphatic heterocycles. The number of methoxy groups -OCH3 is 1. The molecule has 0 fully saturated rings. The molecule has 0 radical (unpaired) electrons. The van der Waals surface area contributed by atoms with Crippen LogP contribution in [0, 0.1) is 0 Å².